The average Bonchev–Trinajstić information content (AvgIpc) is 2.07. The molecule has 0 aliphatic heterocycles. The van der Waals surface area contributed by atoms with Crippen LogP contribution in [0.3, 0.4) is 0 Å². The van der Waals surface area contributed by atoms with Gasteiger partial charge in [0.25, 0.3) is 0 Å². The first-order valence-electron chi connectivity index (χ1n) is 4.30. The maximum atomic E-state index is 10.4. The Bertz CT molecular complexity index is 316. The van der Waals surface area contributed by atoms with Crippen molar-refractivity contribution in [1.82, 2.24) is 0 Å². The molecular weight excluding hydrogens is 328 g/mol. The first kappa shape index (κ1) is 14.7. The van der Waals surface area contributed by atoms with E-state index in [9.17, 15) is 4.79 Å². The van der Waals surface area contributed by atoms with E-state index in [0.717, 1.165) is 9.13 Å². The number of carboxylic acid groups (broad SMARTS) is 1. The number of nitrogens with two attached hydrogens (primary N) is 1. The highest BCUT2D eigenvalue weighted by molar-refractivity contribution is 14.1. The van der Waals surface area contributed by atoms with Crippen molar-refractivity contribution in [3.8, 4) is 0 Å². The standard InChI is InChI=1S/C10H12INO2.ClH/c11-8-3-1-7(2-4-8)5-9(12)6-10(13)14;/h1-4,9H,5-6,12H2,(H,13,14);1H/t9-;/m1./s1. The SMILES string of the molecule is Cl.N[C@@H](CC(=O)O)Cc1ccc(I)cc1. The summed E-state index contributed by atoms with van der Waals surface area (Å²) in [7, 11) is 0. The molecule has 0 saturated carbocycles. The van der Waals surface area contributed by atoms with Crippen LogP contribution in [0.25, 0.3) is 0 Å². The largest absolute Gasteiger partial charge is 0.481 e. The zero-order valence-corrected chi connectivity index (χ0v) is 11.0. The molecule has 3 nitrogen and oxygen atoms in total. The van der Waals surface area contributed by atoms with E-state index in [4.69, 9.17) is 10.8 Å². The quantitative estimate of drug-likeness (QED) is 0.824. The summed E-state index contributed by atoms with van der Waals surface area (Å²) >= 11 is 2.22. The summed E-state index contributed by atoms with van der Waals surface area (Å²) in [5.74, 6) is -0.844. The highest BCUT2D eigenvalue weighted by Gasteiger charge is 2.08. The normalized spacial score (nSPS) is 11.6. The van der Waals surface area contributed by atoms with Gasteiger partial charge in [-0.05, 0) is 46.7 Å². The van der Waals surface area contributed by atoms with Crippen molar-refractivity contribution in [3.05, 3.63) is 33.4 Å². The van der Waals surface area contributed by atoms with Crippen molar-refractivity contribution < 1.29 is 9.90 Å². The Hall–Kier alpha value is -0.330. The second kappa shape index (κ2) is 7.03. The van der Waals surface area contributed by atoms with E-state index < -0.39 is 5.97 Å². The third-order valence-corrected chi connectivity index (χ3v) is 2.57. The van der Waals surface area contributed by atoms with Gasteiger partial charge in [0.2, 0.25) is 0 Å². The molecule has 84 valence electrons. The predicted molar refractivity (Wildman–Crippen MR) is 70.3 cm³/mol. The Morgan fingerprint density at radius 1 is 1.40 bits per heavy atom. The Morgan fingerprint density at radius 2 is 1.93 bits per heavy atom. The van der Waals surface area contributed by atoms with Gasteiger partial charge in [-0.3, -0.25) is 4.79 Å². The molecule has 0 aliphatic rings. The van der Waals surface area contributed by atoms with Crippen molar-refractivity contribution >= 4 is 41.0 Å². The minimum Gasteiger partial charge on any atom is -0.481 e. The van der Waals surface area contributed by atoms with Crippen LogP contribution < -0.4 is 5.73 Å². The van der Waals surface area contributed by atoms with E-state index >= 15 is 0 Å². The van der Waals surface area contributed by atoms with Gasteiger partial charge in [-0.15, -0.1) is 12.4 Å². The van der Waals surface area contributed by atoms with Gasteiger partial charge >= 0.3 is 5.97 Å². The van der Waals surface area contributed by atoms with Crippen molar-refractivity contribution in [2.24, 2.45) is 5.73 Å². The number of hydrogen-bond donors (Lipinski definition) is 2. The van der Waals surface area contributed by atoms with Crippen molar-refractivity contribution in [3.63, 3.8) is 0 Å². The number of halogens is 2. The number of hydrogen-bond acceptors (Lipinski definition) is 2. The van der Waals surface area contributed by atoms with Gasteiger partial charge in [-0.2, -0.15) is 0 Å². The number of carbonyl (C=O) groups is 1. The van der Waals surface area contributed by atoms with Crippen LogP contribution in [-0.2, 0) is 11.2 Å². The number of benzene rings is 1. The van der Waals surface area contributed by atoms with Gasteiger partial charge in [0.05, 0.1) is 6.42 Å². The Morgan fingerprint density at radius 3 is 2.40 bits per heavy atom. The molecule has 5 heteroatoms. The summed E-state index contributed by atoms with van der Waals surface area (Å²) in [6.45, 7) is 0. The van der Waals surface area contributed by atoms with E-state index in [-0.39, 0.29) is 24.9 Å². The van der Waals surface area contributed by atoms with Crippen LogP contribution in [0.1, 0.15) is 12.0 Å². The van der Waals surface area contributed by atoms with Crippen molar-refractivity contribution in [2.45, 2.75) is 18.9 Å². The lowest BCUT2D eigenvalue weighted by Gasteiger charge is -2.08. The Balaban J connectivity index is 0.00000196. The van der Waals surface area contributed by atoms with Gasteiger partial charge in [0.1, 0.15) is 0 Å². The molecule has 1 aromatic carbocycles. The van der Waals surface area contributed by atoms with Crippen LogP contribution in [-0.4, -0.2) is 17.1 Å². The van der Waals surface area contributed by atoms with Crippen LogP contribution in [0.2, 0.25) is 0 Å². The van der Waals surface area contributed by atoms with Crippen LogP contribution in [0, 0.1) is 3.57 Å². The fourth-order valence-electron chi connectivity index (χ4n) is 1.22. The van der Waals surface area contributed by atoms with Gasteiger partial charge in [-0.25, -0.2) is 0 Å². The number of rotatable bonds is 4. The third-order valence-electron chi connectivity index (χ3n) is 1.85. The lowest BCUT2D eigenvalue weighted by atomic mass is 10.0. The molecule has 1 aromatic rings. The summed E-state index contributed by atoms with van der Waals surface area (Å²) in [5, 5.41) is 8.52. The molecule has 0 aliphatic carbocycles. The molecule has 0 spiro atoms. The second-order valence-corrected chi connectivity index (χ2v) is 4.43. The lowest BCUT2D eigenvalue weighted by molar-refractivity contribution is -0.137. The Kier molecular flexibility index (Phi) is 6.87. The van der Waals surface area contributed by atoms with E-state index in [2.05, 4.69) is 22.6 Å². The smallest absolute Gasteiger partial charge is 0.304 e. The molecule has 3 N–H and O–H groups in total. The summed E-state index contributed by atoms with van der Waals surface area (Å²) in [4.78, 5) is 10.4. The molecular formula is C10H13ClINO2. The van der Waals surface area contributed by atoms with Crippen LogP contribution in [0.15, 0.2) is 24.3 Å². The predicted octanol–water partition coefficient (Wildman–Crippen LogP) is 2.06. The van der Waals surface area contributed by atoms with Gasteiger partial charge in [0, 0.05) is 9.61 Å². The van der Waals surface area contributed by atoms with Crippen LogP contribution >= 0.6 is 35.0 Å². The van der Waals surface area contributed by atoms with E-state index in [0.29, 0.717) is 6.42 Å². The van der Waals surface area contributed by atoms with E-state index in [1.165, 1.54) is 0 Å². The monoisotopic (exact) mass is 341 g/mol. The summed E-state index contributed by atoms with van der Waals surface area (Å²) < 4.78 is 1.16. The fourth-order valence-corrected chi connectivity index (χ4v) is 1.58. The molecule has 0 heterocycles. The minimum absolute atomic E-state index is 0. The maximum Gasteiger partial charge on any atom is 0.304 e. The van der Waals surface area contributed by atoms with Crippen LogP contribution in [0.5, 0.6) is 0 Å². The fraction of sp³-hybridized carbons (Fsp3) is 0.300. The second-order valence-electron chi connectivity index (χ2n) is 3.19. The van der Waals surface area contributed by atoms with E-state index in [1.807, 2.05) is 24.3 Å². The molecule has 0 amide bonds. The zero-order valence-electron chi connectivity index (χ0n) is 8.02. The molecule has 1 atom stereocenters. The maximum absolute atomic E-state index is 10.4. The van der Waals surface area contributed by atoms with Gasteiger partial charge in [0.15, 0.2) is 0 Å². The molecule has 15 heavy (non-hydrogen) atoms. The topological polar surface area (TPSA) is 63.3 Å². The molecule has 0 fully saturated rings. The van der Waals surface area contributed by atoms with Crippen molar-refractivity contribution in [1.29, 1.82) is 0 Å². The average molecular weight is 342 g/mol. The molecule has 0 bridgehead atoms. The number of aliphatic carboxylic acids is 1. The third kappa shape index (κ3) is 5.96. The highest BCUT2D eigenvalue weighted by Crippen LogP contribution is 2.09. The lowest BCUT2D eigenvalue weighted by Crippen LogP contribution is -2.26. The summed E-state index contributed by atoms with van der Waals surface area (Å²) in [5.41, 5.74) is 6.74. The minimum atomic E-state index is -0.844. The highest BCUT2D eigenvalue weighted by atomic mass is 127. The first-order valence-corrected chi connectivity index (χ1v) is 5.37. The molecule has 0 saturated heterocycles. The number of carboxylic acids is 1. The van der Waals surface area contributed by atoms with Crippen molar-refractivity contribution in [2.75, 3.05) is 0 Å². The molecule has 1 rings (SSSR count). The van der Waals surface area contributed by atoms with E-state index in [1.54, 1.807) is 0 Å². The molecule has 0 unspecified atom stereocenters. The first-order chi connectivity index (χ1) is 6.58. The summed E-state index contributed by atoms with van der Waals surface area (Å²) in [6, 6.07) is 7.63. The zero-order chi connectivity index (χ0) is 10.6. The molecule has 0 radical (unpaired) electrons. The molecule has 0 aromatic heterocycles. The van der Waals surface area contributed by atoms with Crippen LogP contribution in [0.4, 0.5) is 0 Å². The summed E-state index contributed by atoms with van der Waals surface area (Å²) in [6.07, 6.45) is 0.634. The van der Waals surface area contributed by atoms with Gasteiger partial charge < -0.3 is 10.8 Å². The Labute approximate surface area is 109 Å². The van der Waals surface area contributed by atoms with Gasteiger partial charge in [-0.1, -0.05) is 12.1 Å².